The van der Waals surface area contributed by atoms with Gasteiger partial charge in [0.25, 0.3) is 0 Å². The summed E-state index contributed by atoms with van der Waals surface area (Å²) in [6.45, 7) is 2.67. The van der Waals surface area contributed by atoms with E-state index < -0.39 is 0 Å². The SMILES string of the molecule is Cc1ccc(SCCNC(=O)CSc2nnc3c(Cl)cc(Cl)cn23)cc1. The molecule has 1 N–H and O–H groups in total. The number of fused-ring (bicyclic) bond motifs is 1. The molecule has 9 heteroatoms. The fourth-order valence-corrected chi connectivity index (χ4v) is 4.19. The molecule has 0 aliphatic heterocycles. The highest BCUT2D eigenvalue weighted by atomic mass is 35.5. The van der Waals surface area contributed by atoms with Gasteiger partial charge >= 0.3 is 0 Å². The van der Waals surface area contributed by atoms with E-state index >= 15 is 0 Å². The van der Waals surface area contributed by atoms with E-state index in [2.05, 4.69) is 46.7 Å². The Hall–Kier alpha value is -1.41. The molecule has 2 aromatic heterocycles. The second kappa shape index (κ2) is 8.99. The van der Waals surface area contributed by atoms with Gasteiger partial charge in [-0.05, 0) is 25.1 Å². The lowest BCUT2D eigenvalue weighted by molar-refractivity contribution is -0.118. The molecule has 26 heavy (non-hydrogen) atoms. The minimum atomic E-state index is -0.0515. The van der Waals surface area contributed by atoms with Crippen LogP contribution >= 0.6 is 46.7 Å². The smallest absolute Gasteiger partial charge is 0.230 e. The van der Waals surface area contributed by atoms with Gasteiger partial charge in [-0.3, -0.25) is 9.20 Å². The second-order valence-corrected chi connectivity index (χ2v) is 8.44. The lowest BCUT2D eigenvalue weighted by atomic mass is 10.2. The quantitative estimate of drug-likeness (QED) is 0.449. The molecule has 0 saturated carbocycles. The van der Waals surface area contributed by atoms with E-state index in [4.69, 9.17) is 23.2 Å². The van der Waals surface area contributed by atoms with Crippen LogP contribution in [0.5, 0.6) is 0 Å². The Balaban J connectivity index is 1.45. The van der Waals surface area contributed by atoms with Crippen molar-refractivity contribution in [3.63, 3.8) is 0 Å². The molecule has 2 heterocycles. The average molecular weight is 427 g/mol. The molecular formula is C17H16Cl2N4OS2. The zero-order valence-electron chi connectivity index (χ0n) is 13.9. The Labute approximate surface area is 169 Å². The van der Waals surface area contributed by atoms with Crippen molar-refractivity contribution in [1.29, 1.82) is 0 Å². The zero-order valence-corrected chi connectivity index (χ0v) is 17.1. The van der Waals surface area contributed by atoms with Crippen molar-refractivity contribution in [3.05, 3.63) is 52.1 Å². The number of hydrogen-bond donors (Lipinski definition) is 1. The van der Waals surface area contributed by atoms with Gasteiger partial charge in [0.2, 0.25) is 5.91 Å². The number of amides is 1. The zero-order chi connectivity index (χ0) is 18.5. The fourth-order valence-electron chi connectivity index (χ4n) is 2.18. The van der Waals surface area contributed by atoms with E-state index in [1.807, 2.05) is 0 Å². The van der Waals surface area contributed by atoms with E-state index in [-0.39, 0.29) is 11.7 Å². The first-order valence-electron chi connectivity index (χ1n) is 7.81. The minimum Gasteiger partial charge on any atom is -0.355 e. The molecule has 1 aromatic carbocycles. The van der Waals surface area contributed by atoms with E-state index in [0.717, 1.165) is 5.75 Å². The van der Waals surface area contributed by atoms with Gasteiger partial charge < -0.3 is 5.32 Å². The predicted octanol–water partition coefficient (Wildman–Crippen LogP) is 4.35. The normalized spacial score (nSPS) is 11.0. The van der Waals surface area contributed by atoms with Crippen molar-refractivity contribution in [1.82, 2.24) is 19.9 Å². The van der Waals surface area contributed by atoms with Crippen molar-refractivity contribution >= 4 is 58.3 Å². The molecule has 0 saturated heterocycles. The van der Waals surface area contributed by atoms with E-state index in [1.165, 1.54) is 22.2 Å². The van der Waals surface area contributed by atoms with Gasteiger partial charge in [0, 0.05) is 23.4 Å². The van der Waals surface area contributed by atoms with Crippen LogP contribution in [-0.4, -0.2) is 38.6 Å². The van der Waals surface area contributed by atoms with Gasteiger partial charge in [-0.1, -0.05) is 52.7 Å². The van der Waals surface area contributed by atoms with Crippen molar-refractivity contribution < 1.29 is 4.79 Å². The number of aryl methyl sites for hydroxylation is 1. The molecule has 0 fully saturated rings. The first kappa shape index (κ1) is 19.4. The van der Waals surface area contributed by atoms with Gasteiger partial charge in [0.05, 0.1) is 15.8 Å². The lowest BCUT2D eigenvalue weighted by Gasteiger charge is -2.05. The maximum Gasteiger partial charge on any atom is 0.230 e. The molecule has 3 rings (SSSR count). The maximum absolute atomic E-state index is 12.0. The summed E-state index contributed by atoms with van der Waals surface area (Å²) in [5.41, 5.74) is 1.76. The third-order valence-electron chi connectivity index (χ3n) is 3.44. The summed E-state index contributed by atoms with van der Waals surface area (Å²) in [7, 11) is 0. The Morgan fingerprint density at radius 3 is 2.73 bits per heavy atom. The molecular weight excluding hydrogens is 411 g/mol. The minimum absolute atomic E-state index is 0.0515. The number of hydrogen-bond acceptors (Lipinski definition) is 5. The molecule has 0 aliphatic carbocycles. The van der Waals surface area contributed by atoms with Crippen LogP contribution in [0.4, 0.5) is 0 Å². The number of carbonyl (C=O) groups is 1. The first-order chi connectivity index (χ1) is 12.5. The van der Waals surface area contributed by atoms with Crippen LogP contribution in [-0.2, 0) is 4.79 Å². The summed E-state index contributed by atoms with van der Waals surface area (Å²) in [4.78, 5) is 13.2. The molecule has 0 bridgehead atoms. The van der Waals surface area contributed by atoms with Crippen molar-refractivity contribution in [2.45, 2.75) is 17.0 Å². The van der Waals surface area contributed by atoms with Crippen molar-refractivity contribution in [3.8, 4) is 0 Å². The topological polar surface area (TPSA) is 59.3 Å². The van der Waals surface area contributed by atoms with Crippen molar-refractivity contribution in [2.24, 2.45) is 0 Å². The van der Waals surface area contributed by atoms with Crippen LogP contribution in [0.2, 0.25) is 10.0 Å². The maximum atomic E-state index is 12.0. The molecule has 0 spiro atoms. The van der Waals surface area contributed by atoms with Crippen LogP contribution in [0.3, 0.4) is 0 Å². The number of nitrogens with one attached hydrogen (secondary N) is 1. The van der Waals surface area contributed by atoms with E-state index in [9.17, 15) is 4.79 Å². The average Bonchev–Trinajstić information content (AvgIpc) is 3.01. The number of pyridine rings is 1. The Kier molecular flexibility index (Phi) is 6.69. The Morgan fingerprint density at radius 1 is 1.19 bits per heavy atom. The van der Waals surface area contributed by atoms with Crippen LogP contribution in [0.1, 0.15) is 5.56 Å². The Bertz CT molecular complexity index is 915. The number of halogens is 2. The number of aromatic nitrogens is 3. The third kappa shape index (κ3) is 5.07. The molecule has 1 amide bonds. The number of thioether (sulfide) groups is 2. The largest absolute Gasteiger partial charge is 0.355 e. The molecule has 0 aliphatic rings. The van der Waals surface area contributed by atoms with Crippen LogP contribution in [0.15, 0.2) is 46.6 Å². The summed E-state index contributed by atoms with van der Waals surface area (Å²) in [5.74, 6) is 1.02. The van der Waals surface area contributed by atoms with E-state index in [0.29, 0.717) is 27.4 Å². The number of benzene rings is 1. The highest BCUT2D eigenvalue weighted by Crippen LogP contribution is 2.25. The predicted molar refractivity (Wildman–Crippen MR) is 109 cm³/mol. The molecule has 136 valence electrons. The standard InChI is InChI=1S/C17H16Cl2N4OS2/c1-11-2-4-13(5-3-11)25-7-6-20-15(24)10-26-17-22-21-16-14(19)8-12(18)9-23(16)17/h2-5,8-9H,6-7,10H2,1H3,(H,20,24). The van der Waals surface area contributed by atoms with Gasteiger partial charge in [0.1, 0.15) is 0 Å². The third-order valence-corrected chi connectivity index (χ3v) is 5.88. The van der Waals surface area contributed by atoms with Gasteiger partial charge in [-0.2, -0.15) is 0 Å². The van der Waals surface area contributed by atoms with Crippen molar-refractivity contribution in [2.75, 3.05) is 18.1 Å². The summed E-state index contributed by atoms with van der Waals surface area (Å²) in [6, 6.07) is 9.95. The molecule has 0 atom stereocenters. The lowest BCUT2D eigenvalue weighted by Crippen LogP contribution is -2.27. The molecule has 3 aromatic rings. The summed E-state index contributed by atoms with van der Waals surface area (Å²) < 4.78 is 1.69. The molecule has 0 radical (unpaired) electrons. The highest BCUT2D eigenvalue weighted by Gasteiger charge is 2.12. The van der Waals surface area contributed by atoms with E-state index in [1.54, 1.807) is 28.4 Å². The molecule has 0 unspecified atom stereocenters. The monoisotopic (exact) mass is 426 g/mol. The van der Waals surface area contributed by atoms with Gasteiger partial charge in [-0.15, -0.1) is 22.0 Å². The highest BCUT2D eigenvalue weighted by molar-refractivity contribution is 7.99. The Morgan fingerprint density at radius 2 is 1.96 bits per heavy atom. The molecule has 5 nitrogen and oxygen atoms in total. The summed E-state index contributed by atoms with van der Waals surface area (Å²) in [5, 5.41) is 12.5. The van der Waals surface area contributed by atoms with Crippen LogP contribution in [0, 0.1) is 6.92 Å². The van der Waals surface area contributed by atoms with Crippen LogP contribution < -0.4 is 5.32 Å². The van der Waals surface area contributed by atoms with Crippen LogP contribution in [0.25, 0.3) is 5.65 Å². The fraction of sp³-hybridized carbons (Fsp3) is 0.235. The van der Waals surface area contributed by atoms with Gasteiger partial charge in [0.15, 0.2) is 10.8 Å². The van der Waals surface area contributed by atoms with Gasteiger partial charge in [-0.25, -0.2) is 0 Å². The first-order valence-corrected chi connectivity index (χ1v) is 10.5. The summed E-state index contributed by atoms with van der Waals surface area (Å²) in [6.07, 6.45) is 1.68. The number of nitrogens with zero attached hydrogens (tertiary/aromatic N) is 3. The summed E-state index contributed by atoms with van der Waals surface area (Å²) >= 11 is 15.1. The second-order valence-electron chi connectivity index (χ2n) is 5.48. The number of rotatable bonds is 7. The number of carbonyl (C=O) groups excluding carboxylic acids is 1.